The van der Waals surface area contributed by atoms with Crippen LogP contribution in [0.15, 0.2) is 24.4 Å². The van der Waals surface area contributed by atoms with E-state index < -0.39 is 59.7 Å². The van der Waals surface area contributed by atoms with E-state index in [1.807, 2.05) is 0 Å². The lowest BCUT2D eigenvalue weighted by Crippen LogP contribution is -2.41. The monoisotopic (exact) mass is 463 g/mol. The van der Waals surface area contributed by atoms with Crippen LogP contribution in [0.4, 0.5) is 32.0 Å². The number of anilines is 1. The van der Waals surface area contributed by atoms with Crippen LogP contribution in [0.2, 0.25) is 0 Å². The van der Waals surface area contributed by atoms with Crippen molar-refractivity contribution in [3.63, 3.8) is 0 Å². The number of hydrogen-bond donors (Lipinski definition) is 2. The van der Waals surface area contributed by atoms with E-state index >= 15 is 0 Å². The average molecular weight is 463 g/mol. The number of aliphatic hydroxyl groups is 1. The molecule has 2 fully saturated rings. The quantitative estimate of drug-likeness (QED) is 0.682. The second kappa shape index (κ2) is 7.48. The van der Waals surface area contributed by atoms with Crippen LogP contribution in [0.1, 0.15) is 34.7 Å². The second-order valence-electron chi connectivity index (χ2n) is 8.11. The van der Waals surface area contributed by atoms with Gasteiger partial charge in [0.1, 0.15) is 0 Å². The number of benzene rings is 1. The number of alkyl halides is 6. The van der Waals surface area contributed by atoms with E-state index in [0.29, 0.717) is 0 Å². The van der Waals surface area contributed by atoms with Crippen LogP contribution in [0.25, 0.3) is 0 Å². The molecule has 0 saturated carbocycles. The molecule has 32 heavy (non-hydrogen) atoms. The number of rotatable bonds is 3. The molecule has 0 spiro atoms. The zero-order chi connectivity index (χ0) is 23.6. The Morgan fingerprint density at radius 3 is 2.53 bits per heavy atom. The van der Waals surface area contributed by atoms with E-state index in [2.05, 4.69) is 10.4 Å². The fourth-order valence-electron chi connectivity index (χ4n) is 4.62. The minimum absolute atomic E-state index is 0.0303. The zero-order valence-electron chi connectivity index (χ0n) is 16.8. The number of aliphatic hydroxyl groups excluding tert-OH is 1. The molecule has 2 bridgehead atoms. The highest BCUT2D eigenvalue weighted by atomic mass is 19.4. The largest absolute Gasteiger partial charge is 0.435 e. The van der Waals surface area contributed by atoms with Gasteiger partial charge in [-0.15, -0.1) is 0 Å². The molecular weight excluding hydrogens is 444 g/mol. The number of carbonyl (C=O) groups is 1. The van der Waals surface area contributed by atoms with Crippen molar-refractivity contribution in [2.24, 2.45) is 13.0 Å². The summed E-state index contributed by atoms with van der Waals surface area (Å²) in [5.41, 5.74) is -2.60. The first-order chi connectivity index (χ1) is 14.8. The van der Waals surface area contributed by atoms with Gasteiger partial charge in [0.05, 0.1) is 29.8 Å². The molecular formula is C20H19F6N3O3. The molecule has 1 aromatic carbocycles. The Kier molecular flexibility index (Phi) is 5.28. The summed E-state index contributed by atoms with van der Waals surface area (Å²) in [5, 5.41) is 16.0. The van der Waals surface area contributed by atoms with Crippen molar-refractivity contribution >= 4 is 11.6 Å². The van der Waals surface area contributed by atoms with Crippen LogP contribution in [0.5, 0.6) is 0 Å². The maximum atomic E-state index is 13.5. The molecule has 3 heterocycles. The summed E-state index contributed by atoms with van der Waals surface area (Å²) in [4.78, 5) is 13.0. The number of ether oxygens (including phenoxy) is 1. The number of nitrogens with one attached hydrogen (secondary N) is 1. The predicted octanol–water partition coefficient (Wildman–Crippen LogP) is 3.64. The van der Waals surface area contributed by atoms with E-state index in [-0.39, 0.29) is 23.2 Å². The fourth-order valence-corrected chi connectivity index (χ4v) is 4.62. The lowest BCUT2D eigenvalue weighted by atomic mass is 9.73. The van der Waals surface area contributed by atoms with Crippen LogP contribution in [-0.4, -0.2) is 39.1 Å². The standard InChI is InChI=1S/C20H19F6N3O3/c1-8-3-4-9(5-11(8)19(21,22)23)27-18(31)15-13-6-12(30)16(32-13)14(15)10-7-29(2)28-17(10)20(24,25)26/h3-5,7,12-16,30H,6H2,1-2H3,(H,27,31)/t12-,13+,14+,15-,16-/m0/s1. The topological polar surface area (TPSA) is 76.4 Å². The molecule has 12 heteroatoms. The number of halogens is 6. The number of carbonyl (C=O) groups excluding carboxylic acids is 1. The SMILES string of the molecule is Cc1ccc(NC(=O)[C@@H]2[C@@H](c3cn(C)nc3C(F)(F)F)[C@H]3O[C@@H]2C[C@@H]3O)cc1C(F)(F)F. The van der Waals surface area contributed by atoms with Gasteiger partial charge in [-0.25, -0.2) is 0 Å². The van der Waals surface area contributed by atoms with Crippen molar-refractivity contribution in [3.05, 3.63) is 46.8 Å². The molecule has 2 aromatic rings. The highest BCUT2D eigenvalue weighted by molar-refractivity contribution is 5.94. The molecule has 6 nitrogen and oxygen atoms in total. The van der Waals surface area contributed by atoms with E-state index in [1.54, 1.807) is 0 Å². The lowest BCUT2D eigenvalue weighted by molar-refractivity contribution is -0.143. The van der Waals surface area contributed by atoms with Crippen molar-refractivity contribution in [1.82, 2.24) is 9.78 Å². The van der Waals surface area contributed by atoms with Gasteiger partial charge < -0.3 is 15.2 Å². The van der Waals surface area contributed by atoms with Gasteiger partial charge in [0.15, 0.2) is 5.69 Å². The number of fused-ring (bicyclic) bond motifs is 2. The minimum Gasteiger partial charge on any atom is -0.390 e. The second-order valence-corrected chi connectivity index (χ2v) is 8.11. The summed E-state index contributed by atoms with van der Waals surface area (Å²) in [6.07, 6.45) is -11.3. The Bertz CT molecular complexity index is 1050. The van der Waals surface area contributed by atoms with Gasteiger partial charge in [-0.3, -0.25) is 9.48 Å². The molecule has 2 aliphatic rings. The highest BCUT2D eigenvalue weighted by Crippen LogP contribution is 2.51. The molecule has 1 amide bonds. The molecule has 0 aliphatic carbocycles. The molecule has 2 saturated heterocycles. The third-order valence-electron chi connectivity index (χ3n) is 5.92. The smallest absolute Gasteiger partial charge is 0.390 e. The van der Waals surface area contributed by atoms with Crippen molar-refractivity contribution in [2.45, 2.75) is 49.9 Å². The van der Waals surface area contributed by atoms with E-state index in [0.717, 1.165) is 16.9 Å². The van der Waals surface area contributed by atoms with Gasteiger partial charge in [-0.1, -0.05) is 6.07 Å². The Labute approximate surface area is 178 Å². The number of hydrogen-bond acceptors (Lipinski definition) is 4. The first-order valence-corrected chi connectivity index (χ1v) is 9.70. The molecule has 0 radical (unpaired) electrons. The van der Waals surface area contributed by atoms with Gasteiger partial charge in [0.25, 0.3) is 0 Å². The maximum Gasteiger partial charge on any atom is 0.435 e. The average Bonchev–Trinajstić information content (AvgIpc) is 3.33. The van der Waals surface area contributed by atoms with Crippen LogP contribution in [0.3, 0.4) is 0 Å². The number of aryl methyl sites for hydroxylation is 2. The number of nitrogens with zero attached hydrogens (tertiary/aromatic N) is 2. The van der Waals surface area contributed by atoms with Crippen molar-refractivity contribution in [1.29, 1.82) is 0 Å². The molecule has 2 aliphatic heterocycles. The van der Waals surface area contributed by atoms with E-state index in [4.69, 9.17) is 4.74 Å². The molecule has 2 N–H and O–H groups in total. The summed E-state index contributed by atoms with van der Waals surface area (Å²) >= 11 is 0. The predicted molar refractivity (Wildman–Crippen MR) is 98.5 cm³/mol. The molecule has 174 valence electrons. The van der Waals surface area contributed by atoms with Gasteiger partial charge in [0.2, 0.25) is 5.91 Å². The van der Waals surface area contributed by atoms with Crippen molar-refractivity contribution < 1.29 is 41.0 Å². The van der Waals surface area contributed by atoms with Gasteiger partial charge >= 0.3 is 12.4 Å². The summed E-state index contributed by atoms with van der Waals surface area (Å²) in [6, 6.07) is 3.25. The third kappa shape index (κ3) is 3.85. The first kappa shape index (κ1) is 22.6. The molecule has 4 rings (SSSR count). The maximum absolute atomic E-state index is 13.5. The summed E-state index contributed by atoms with van der Waals surface area (Å²) in [6.45, 7) is 1.27. The summed E-state index contributed by atoms with van der Waals surface area (Å²) in [7, 11) is 1.29. The van der Waals surface area contributed by atoms with Gasteiger partial charge in [-0.2, -0.15) is 31.4 Å². The number of amides is 1. The number of aromatic nitrogens is 2. The van der Waals surface area contributed by atoms with Gasteiger partial charge in [0, 0.05) is 36.8 Å². The van der Waals surface area contributed by atoms with Crippen molar-refractivity contribution in [2.75, 3.05) is 5.32 Å². The highest BCUT2D eigenvalue weighted by Gasteiger charge is 2.59. The Morgan fingerprint density at radius 2 is 1.91 bits per heavy atom. The van der Waals surface area contributed by atoms with Crippen LogP contribution in [0, 0.1) is 12.8 Å². The van der Waals surface area contributed by atoms with Gasteiger partial charge in [-0.05, 0) is 24.6 Å². The Hall–Kier alpha value is -2.60. The first-order valence-electron chi connectivity index (χ1n) is 9.70. The van der Waals surface area contributed by atoms with Crippen LogP contribution in [-0.2, 0) is 28.9 Å². The molecule has 1 aromatic heterocycles. The Balaban J connectivity index is 1.68. The van der Waals surface area contributed by atoms with E-state index in [9.17, 15) is 36.2 Å². The van der Waals surface area contributed by atoms with Crippen LogP contribution < -0.4 is 5.32 Å². The molecule has 5 atom stereocenters. The minimum atomic E-state index is -4.80. The normalized spacial score (nSPS) is 27.7. The van der Waals surface area contributed by atoms with Crippen molar-refractivity contribution in [3.8, 4) is 0 Å². The van der Waals surface area contributed by atoms with Crippen LogP contribution >= 0.6 is 0 Å². The fraction of sp³-hybridized carbons (Fsp3) is 0.500. The summed E-state index contributed by atoms with van der Waals surface area (Å²) < 4.78 is 86.8. The zero-order valence-corrected chi connectivity index (χ0v) is 16.8. The van der Waals surface area contributed by atoms with E-state index in [1.165, 1.54) is 26.1 Å². The summed E-state index contributed by atoms with van der Waals surface area (Å²) in [5.74, 6) is -3.10. The molecule has 0 unspecified atom stereocenters. The Morgan fingerprint density at radius 1 is 1.22 bits per heavy atom. The lowest BCUT2D eigenvalue weighted by Gasteiger charge is -2.30. The third-order valence-corrected chi connectivity index (χ3v) is 5.92.